The minimum absolute atomic E-state index is 0.0720. The van der Waals surface area contributed by atoms with E-state index >= 15 is 0 Å². The summed E-state index contributed by atoms with van der Waals surface area (Å²) in [6, 6.07) is 4.10. The van der Waals surface area contributed by atoms with E-state index in [1.54, 1.807) is 0 Å². The summed E-state index contributed by atoms with van der Waals surface area (Å²) in [4.78, 5) is 23.8. The quantitative estimate of drug-likeness (QED) is 0.706. The maximum Gasteiger partial charge on any atom is 0.417 e. The van der Waals surface area contributed by atoms with Gasteiger partial charge < -0.3 is 15.7 Å². The number of nitrogens with one attached hydrogen (secondary N) is 2. The molecule has 0 saturated carbocycles. The van der Waals surface area contributed by atoms with Gasteiger partial charge in [-0.15, -0.1) is 0 Å². The van der Waals surface area contributed by atoms with Crippen LogP contribution in [0.5, 0.6) is 0 Å². The Morgan fingerprint density at radius 2 is 1.83 bits per heavy atom. The molecule has 1 atom stereocenters. The van der Waals surface area contributed by atoms with Crippen molar-refractivity contribution >= 4 is 11.8 Å². The predicted molar refractivity (Wildman–Crippen MR) is 82.2 cm³/mol. The van der Waals surface area contributed by atoms with Crippen molar-refractivity contribution < 1.29 is 27.9 Å². The van der Waals surface area contributed by atoms with Crippen LogP contribution in [-0.2, 0) is 11.0 Å². The molecular formula is C16H21F3N2O3. The van der Waals surface area contributed by atoms with Gasteiger partial charge in [0.05, 0.1) is 17.7 Å². The zero-order valence-electron chi connectivity index (χ0n) is 13.5. The Bertz CT molecular complexity index is 574. The number of amides is 2. The summed E-state index contributed by atoms with van der Waals surface area (Å²) < 4.78 is 38.6. The van der Waals surface area contributed by atoms with Crippen molar-refractivity contribution in [2.45, 2.75) is 32.5 Å². The van der Waals surface area contributed by atoms with Crippen molar-refractivity contribution in [1.82, 2.24) is 10.6 Å². The Morgan fingerprint density at radius 1 is 1.21 bits per heavy atom. The molecule has 134 valence electrons. The van der Waals surface area contributed by atoms with E-state index in [0.717, 1.165) is 12.1 Å². The van der Waals surface area contributed by atoms with Gasteiger partial charge in [0, 0.05) is 12.6 Å². The standard InChI is InChI=1S/C16H21F3N2O3/c1-10(2)13(7-8-22)21-14(23)9-20-15(24)11-5-3-4-6-12(11)16(17,18)19/h3-6,10,13,22H,7-9H2,1-2H3,(H,20,24)(H,21,23). The maximum atomic E-state index is 12.9. The molecule has 0 aliphatic heterocycles. The molecule has 0 aliphatic rings. The number of hydrogen-bond acceptors (Lipinski definition) is 3. The van der Waals surface area contributed by atoms with Gasteiger partial charge in [-0.3, -0.25) is 9.59 Å². The third-order valence-electron chi connectivity index (χ3n) is 3.48. The van der Waals surface area contributed by atoms with Gasteiger partial charge in [-0.1, -0.05) is 26.0 Å². The van der Waals surface area contributed by atoms with Gasteiger partial charge in [0.2, 0.25) is 5.91 Å². The highest BCUT2D eigenvalue weighted by Crippen LogP contribution is 2.31. The van der Waals surface area contributed by atoms with Gasteiger partial charge in [0.1, 0.15) is 0 Å². The topological polar surface area (TPSA) is 78.4 Å². The van der Waals surface area contributed by atoms with E-state index in [1.807, 2.05) is 13.8 Å². The first-order valence-corrected chi connectivity index (χ1v) is 7.51. The van der Waals surface area contributed by atoms with Crippen LogP contribution < -0.4 is 10.6 Å². The molecule has 0 radical (unpaired) electrons. The lowest BCUT2D eigenvalue weighted by molar-refractivity contribution is -0.137. The van der Waals surface area contributed by atoms with Crippen LogP contribution in [0.3, 0.4) is 0 Å². The first-order valence-electron chi connectivity index (χ1n) is 7.51. The molecule has 3 N–H and O–H groups in total. The Kier molecular flexibility index (Phi) is 7.21. The second-order valence-electron chi connectivity index (χ2n) is 5.66. The van der Waals surface area contributed by atoms with Crippen molar-refractivity contribution in [2.24, 2.45) is 5.92 Å². The molecule has 0 aromatic heterocycles. The molecule has 0 saturated heterocycles. The number of benzene rings is 1. The van der Waals surface area contributed by atoms with Gasteiger partial charge in [-0.2, -0.15) is 13.2 Å². The fourth-order valence-electron chi connectivity index (χ4n) is 2.15. The Morgan fingerprint density at radius 3 is 2.38 bits per heavy atom. The zero-order valence-corrected chi connectivity index (χ0v) is 13.5. The summed E-state index contributed by atoms with van der Waals surface area (Å²) in [6.45, 7) is 3.17. The molecule has 1 unspecified atom stereocenters. The number of rotatable bonds is 7. The zero-order chi connectivity index (χ0) is 18.3. The average molecular weight is 346 g/mol. The molecule has 0 fully saturated rings. The van der Waals surface area contributed by atoms with Crippen molar-refractivity contribution in [3.8, 4) is 0 Å². The summed E-state index contributed by atoms with van der Waals surface area (Å²) in [5, 5.41) is 13.8. The number of aliphatic hydroxyl groups is 1. The monoisotopic (exact) mass is 346 g/mol. The second kappa shape index (κ2) is 8.68. The summed E-state index contributed by atoms with van der Waals surface area (Å²) in [5.41, 5.74) is -1.59. The van der Waals surface area contributed by atoms with Gasteiger partial charge in [0.15, 0.2) is 0 Å². The van der Waals surface area contributed by atoms with Crippen LogP contribution in [0.15, 0.2) is 24.3 Å². The van der Waals surface area contributed by atoms with Crippen LogP contribution in [0.4, 0.5) is 13.2 Å². The highest BCUT2D eigenvalue weighted by atomic mass is 19.4. The molecule has 0 heterocycles. The van der Waals surface area contributed by atoms with E-state index in [-0.39, 0.29) is 18.6 Å². The maximum absolute atomic E-state index is 12.9. The molecule has 2 amide bonds. The largest absolute Gasteiger partial charge is 0.417 e. The van der Waals surface area contributed by atoms with Crippen molar-refractivity contribution in [3.63, 3.8) is 0 Å². The van der Waals surface area contributed by atoms with E-state index in [2.05, 4.69) is 10.6 Å². The van der Waals surface area contributed by atoms with Crippen LogP contribution in [0.25, 0.3) is 0 Å². The number of halogens is 3. The Labute approximate surface area is 138 Å². The smallest absolute Gasteiger partial charge is 0.396 e. The van der Waals surface area contributed by atoms with Crippen molar-refractivity contribution in [1.29, 1.82) is 0 Å². The molecule has 5 nitrogen and oxygen atoms in total. The first-order chi connectivity index (χ1) is 11.2. The minimum atomic E-state index is -4.65. The van der Waals surface area contributed by atoms with Crippen LogP contribution in [-0.4, -0.2) is 36.1 Å². The molecule has 0 aliphatic carbocycles. The van der Waals surface area contributed by atoms with Gasteiger partial charge >= 0.3 is 6.18 Å². The first kappa shape index (κ1) is 20.0. The molecule has 1 aromatic rings. The third-order valence-corrected chi connectivity index (χ3v) is 3.48. The summed E-state index contributed by atoms with van der Waals surface area (Å²) in [5.74, 6) is -1.43. The number of hydrogen-bond donors (Lipinski definition) is 3. The normalized spacial score (nSPS) is 12.8. The second-order valence-corrected chi connectivity index (χ2v) is 5.66. The lowest BCUT2D eigenvalue weighted by Gasteiger charge is -2.21. The summed E-state index contributed by atoms with van der Waals surface area (Å²) >= 11 is 0. The molecule has 1 aromatic carbocycles. The third kappa shape index (κ3) is 5.84. The summed E-state index contributed by atoms with van der Waals surface area (Å²) in [7, 11) is 0. The van der Waals surface area contributed by atoms with E-state index < -0.39 is 35.7 Å². The summed E-state index contributed by atoms with van der Waals surface area (Å²) in [6.07, 6.45) is -4.30. The molecule has 24 heavy (non-hydrogen) atoms. The average Bonchev–Trinajstić information content (AvgIpc) is 2.51. The number of carbonyl (C=O) groups excluding carboxylic acids is 2. The highest BCUT2D eigenvalue weighted by molar-refractivity contribution is 5.97. The van der Waals surface area contributed by atoms with E-state index in [0.29, 0.717) is 6.42 Å². The molecule has 0 bridgehead atoms. The number of carbonyl (C=O) groups is 2. The van der Waals surface area contributed by atoms with Crippen LogP contribution in [0.1, 0.15) is 36.2 Å². The predicted octanol–water partition coefficient (Wildman–Crippen LogP) is 1.96. The van der Waals surface area contributed by atoms with Crippen LogP contribution >= 0.6 is 0 Å². The van der Waals surface area contributed by atoms with Gasteiger partial charge in [-0.25, -0.2) is 0 Å². The molecule has 8 heteroatoms. The van der Waals surface area contributed by atoms with Gasteiger partial charge in [0.25, 0.3) is 5.91 Å². The van der Waals surface area contributed by atoms with Gasteiger partial charge in [-0.05, 0) is 24.5 Å². The van der Waals surface area contributed by atoms with E-state index in [9.17, 15) is 22.8 Å². The Hall–Kier alpha value is -2.09. The SMILES string of the molecule is CC(C)C(CCO)NC(=O)CNC(=O)c1ccccc1C(F)(F)F. The highest BCUT2D eigenvalue weighted by Gasteiger charge is 2.34. The fourth-order valence-corrected chi connectivity index (χ4v) is 2.15. The fraction of sp³-hybridized carbons (Fsp3) is 0.500. The molecule has 0 spiro atoms. The van der Waals surface area contributed by atoms with E-state index in [4.69, 9.17) is 5.11 Å². The minimum Gasteiger partial charge on any atom is -0.396 e. The lowest BCUT2D eigenvalue weighted by atomic mass is 10.0. The Balaban J connectivity index is 2.68. The van der Waals surface area contributed by atoms with E-state index in [1.165, 1.54) is 12.1 Å². The van der Waals surface area contributed by atoms with Crippen molar-refractivity contribution in [2.75, 3.05) is 13.2 Å². The number of aliphatic hydroxyl groups excluding tert-OH is 1. The van der Waals surface area contributed by atoms with Crippen LogP contribution in [0.2, 0.25) is 0 Å². The molecule has 1 rings (SSSR count). The van der Waals surface area contributed by atoms with Crippen LogP contribution in [0, 0.1) is 5.92 Å². The number of alkyl halides is 3. The lowest BCUT2D eigenvalue weighted by Crippen LogP contribution is -2.44. The van der Waals surface area contributed by atoms with Crippen molar-refractivity contribution in [3.05, 3.63) is 35.4 Å². The molecular weight excluding hydrogens is 325 g/mol.